The molecule has 0 radical (unpaired) electrons. The van der Waals surface area contributed by atoms with Crippen molar-refractivity contribution in [2.24, 2.45) is 7.05 Å². The van der Waals surface area contributed by atoms with Gasteiger partial charge in [0.05, 0.1) is 5.52 Å². The van der Waals surface area contributed by atoms with Gasteiger partial charge in [-0.15, -0.1) is 0 Å². The van der Waals surface area contributed by atoms with Gasteiger partial charge in [0, 0.05) is 28.7 Å². The first-order valence-corrected chi connectivity index (χ1v) is 7.04. The molecule has 1 heterocycles. The summed E-state index contributed by atoms with van der Waals surface area (Å²) in [5.41, 5.74) is 5.31. The average molecular weight is 259 g/mol. The van der Waals surface area contributed by atoms with Gasteiger partial charge in [-0.25, -0.2) is 0 Å². The van der Waals surface area contributed by atoms with Crippen LogP contribution in [0.5, 0.6) is 0 Å². The van der Waals surface area contributed by atoms with Gasteiger partial charge >= 0.3 is 0 Å². The Morgan fingerprint density at radius 1 is 0.750 bits per heavy atom. The third kappa shape index (κ3) is 1.38. The summed E-state index contributed by atoms with van der Waals surface area (Å²) in [6.07, 6.45) is 0. The fraction of sp³-hybridized carbons (Fsp3) is 0.158. The number of para-hydroxylation sites is 1. The summed E-state index contributed by atoms with van der Waals surface area (Å²) < 4.78 is 2.32. The fourth-order valence-corrected chi connectivity index (χ4v) is 3.38. The third-order valence-corrected chi connectivity index (χ3v) is 4.36. The van der Waals surface area contributed by atoms with Crippen molar-refractivity contribution in [3.8, 4) is 0 Å². The summed E-state index contributed by atoms with van der Waals surface area (Å²) in [7, 11) is 2.17. The highest BCUT2D eigenvalue weighted by Gasteiger charge is 2.12. The molecular weight excluding hydrogens is 242 g/mol. The van der Waals surface area contributed by atoms with Gasteiger partial charge in [0.2, 0.25) is 0 Å². The van der Waals surface area contributed by atoms with E-state index in [2.05, 4.69) is 74.0 Å². The van der Waals surface area contributed by atoms with Crippen molar-refractivity contribution >= 4 is 32.6 Å². The Balaban J connectivity index is 2.37. The molecule has 0 spiro atoms. The average Bonchev–Trinajstić information content (AvgIpc) is 2.73. The van der Waals surface area contributed by atoms with Crippen LogP contribution in [0.1, 0.15) is 11.1 Å². The zero-order chi connectivity index (χ0) is 13.9. The van der Waals surface area contributed by atoms with Gasteiger partial charge in [-0.3, -0.25) is 0 Å². The summed E-state index contributed by atoms with van der Waals surface area (Å²) in [5, 5.41) is 5.42. The van der Waals surface area contributed by atoms with Crippen LogP contribution >= 0.6 is 0 Å². The predicted molar refractivity (Wildman–Crippen MR) is 87.4 cm³/mol. The Kier molecular flexibility index (Phi) is 2.23. The van der Waals surface area contributed by atoms with Crippen LogP contribution in [0.2, 0.25) is 0 Å². The predicted octanol–water partition coefficient (Wildman–Crippen LogP) is 5.10. The van der Waals surface area contributed by atoms with Crippen LogP contribution in [0, 0.1) is 13.8 Å². The number of rotatable bonds is 0. The second-order valence-electron chi connectivity index (χ2n) is 5.71. The molecule has 0 aliphatic rings. The van der Waals surface area contributed by atoms with Crippen LogP contribution in [-0.4, -0.2) is 4.57 Å². The molecule has 0 aliphatic carbocycles. The van der Waals surface area contributed by atoms with E-state index in [0.29, 0.717) is 0 Å². The maximum atomic E-state index is 2.33. The molecule has 0 amide bonds. The van der Waals surface area contributed by atoms with Gasteiger partial charge in [-0.1, -0.05) is 42.0 Å². The molecular formula is C19H17N. The molecule has 0 aliphatic heterocycles. The van der Waals surface area contributed by atoms with Crippen molar-refractivity contribution in [2.45, 2.75) is 13.8 Å². The van der Waals surface area contributed by atoms with E-state index in [-0.39, 0.29) is 0 Å². The number of aryl methyl sites for hydroxylation is 3. The standard InChI is InChI=1S/C19H17N/c1-12-8-9-15-16(10-12)13(2)11-17-14-6-4-5-7-18(14)20(3)19(15)17/h4-11H,1-3H3. The number of hydrogen-bond acceptors (Lipinski definition) is 0. The van der Waals surface area contributed by atoms with Crippen LogP contribution in [-0.2, 0) is 7.05 Å². The molecule has 1 aromatic heterocycles. The number of aromatic nitrogens is 1. The van der Waals surface area contributed by atoms with Crippen molar-refractivity contribution in [3.63, 3.8) is 0 Å². The highest BCUT2D eigenvalue weighted by molar-refractivity contribution is 6.18. The van der Waals surface area contributed by atoms with Crippen molar-refractivity contribution in [2.75, 3.05) is 0 Å². The number of nitrogens with zero attached hydrogens (tertiary/aromatic N) is 1. The molecule has 0 N–H and O–H groups in total. The van der Waals surface area contributed by atoms with E-state index in [4.69, 9.17) is 0 Å². The molecule has 0 fully saturated rings. The topological polar surface area (TPSA) is 4.93 Å². The van der Waals surface area contributed by atoms with E-state index in [0.717, 1.165) is 0 Å². The van der Waals surface area contributed by atoms with E-state index >= 15 is 0 Å². The van der Waals surface area contributed by atoms with E-state index < -0.39 is 0 Å². The van der Waals surface area contributed by atoms with Gasteiger partial charge in [-0.05, 0) is 36.9 Å². The van der Waals surface area contributed by atoms with E-state index in [1.54, 1.807) is 0 Å². The Bertz CT molecular complexity index is 973. The molecule has 4 rings (SSSR count). The van der Waals surface area contributed by atoms with Crippen LogP contribution < -0.4 is 0 Å². The maximum absolute atomic E-state index is 2.33. The zero-order valence-electron chi connectivity index (χ0n) is 12.1. The molecule has 0 atom stereocenters. The highest BCUT2D eigenvalue weighted by atomic mass is 14.9. The molecule has 1 nitrogen and oxygen atoms in total. The van der Waals surface area contributed by atoms with Gasteiger partial charge in [0.1, 0.15) is 0 Å². The van der Waals surface area contributed by atoms with Crippen molar-refractivity contribution < 1.29 is 0 Å². The summed E-state index contributed by atoms with van der Waals surface area (Å²) in [6.45, 7) is 4.37. The maximum Gasteiger partial charge on any atom is 0.0568 e. The monoisotopic (exact) mass is 259 g/mol. The molecule has 0 saturated carbocycles. The van der Waals surface area contributed by atoms with Crippen LogP contribution in [0.25, 0.3) is 32.6 Å². The van der Waals surface area contributed by atoms with E-state index in [1.165, 1.54) is 43.7 Å². The Morgan fingerprint density at radius 3 is 2.40 bits per heavy atom. The van der Waals surface area contributed by atoms with Gasteiger partial charge in [0.25, 0.3) is 0 Å². The SMILES string of the molecule is Cc1ccc2c(c1)c(C)cc1c3ccccc3n(C)c21. The molecule has 0 bridgehead atoms. The van der Waals surface area contributed by atoms with Gasteiger partial charge in [-0.2, -0.15) is 0 Å². The van der Waals surface area contributed by atoms with E-state index in [1.807, 2.05) is 0 Å². The fourth-order valence-electron chi connectivity index (χ4n) is 3.38. The zero-order valence-corrected chi connectivity index (χ0v) is 12.1. The lowest BCUT2D eigenvalue weighted by Gasteiger charge is -2.07. The first-order chi connectivity index (χ1) is 9.66. The van der Waals surface area contributed by atoms with Crippen LogP contribution in [0.4, 0.5) is 0 Å². The second-order valence-corrected chi connectivity index (χ2v) is 5.71. The number of hydrogen-bond donors (Lipinski definition) is 0. The van der Waals surface area contributed by atoms with E-state index in [9.17, 15) is 0 Å². The molecule has 3 aromatic carbocycles. The summed E-state index contributed by atoms with van der Waals surface area (Å²) in [4.78, 5) is 0. The lowest BCUT2D eigenvalue weighted by atomic mass is 9.99. The van der Waals surface area contributed by atoms with Gasteiger partial charge < -0.3 is 4.57 Å². The smallest absolute Gasteiger partial charge is 0.0568 e. The van der Waals surface area contributed by atoms with Crippen molar-refractivity contribution in [1.29, 1.82) is 0 Å². The van der Waals surface area contributed by atoms with Gasteiger partial charge in [0.15, 0.2) is 0 Å². The molecule has 20 heavy (non-hydrogen) atoms. The molecule has 4 aromatic rings. The largest absolute Gasteiger partial charge is 0.343 e. The lowest BCUT2D eigenvalue weighted by Crippen LogP contribution is -1.89. The Morgan fingerprint density at radius 2 is 1.55 bits per heavy atom. The Labute approximate surface area is 118 Å². The van der Waals surface area contributed by atoms with Crippen molar-refractivity contribution in [1.82, 2.24) is 4.57 Å². The number of benzene rings is 3. The third-order valence-electron chi connectivity index (χ3n) is 4.36. The molecule has 98 valence electrons. The minimum absolute atomic E-state index is 1.30. The first-order valence-electron chi connectivity index (χ1n) is 7.04. The first kappa shape index (κ1) is 11.5. The van der Waals surface area contributed by atoms with Crippen LogP contribution in [0.15, 0.2) is 48.5 Å². The molecule has 0 saturated heterocycles. The van der Waals surface area contributed by atoms with Crippen molar-refractivity contribution in [3.05, 3.63) is 59.7 Å². The van der Waals surface area contributed by atoms with Crippen LogP contribution in [0.3, 0.4) is 0 Å². The normalized spacial score (nSPS) is 11.8. The lowest BCUT2D eigenvalue weighted by molar-refractivity contribution is 1.02. The second kappa shape index (κ2) is 3.86. The Hall–Kier alpha value is -2.28. The minimum Gasteiger partial charge on any atom is -0.343 e. The highest BCUT2D eigenvalue weighted by Crippen LogP contribution is 2.35. The quantitative estimate of drug-likeness (QED) is 0.414. The summed E-state index contributed by atoms with van der Waals surface area (Å²) in [6, 6.07) is 17.7. The minimum atomic E-state index is 1.30. The summed E-state index contributed by atoms with van der Waals surface area (Å²) >= 11 is 0. The summed E-state index contributed by atoms with van der Waals surface area (Å²) in [5.74, 6) is 0. The molecule has 1 heteroatoms. The molecule has 0 unspecified atom stereocenters. The number of fused-ring (bicyclic) bond motifs is 5.